The van der Waals surface area contributed by atoms with Crippen LogP contribution in [-0.2, 0) is 32.1 Å². The number of aliphatic hydroxyl groups excluding tert-OH is 1. The van der Waals surface area contributed by atoms with Crippen LogP contribution in [0.4, 0.5) is 0 Å². The molecule has 1 aromatic rings. The minimum atomic E-state index is -1.13. The molecule has 1 saturated heterocycles. The first-order chi connectivity index (χ1) is 15.4. The summed E-state index contributed by atoms with van der Waals surface area (Å²) in [6.07, 6.45) is 7.50. The van der Waals surface area contributed by atoms with Gasteiger partial charge in [0, 0.05) is 24.4 Å². The second kappa shape index (κ2) is 11.2. The fourth-order valence-corrected chi connectivity index (χ4v) is 4.65. The van der Waals surface area contributed by atoms with E-state index in [-0.39, 0.29) is 42.5 Å². The Hall–Kier alpha value is -2.73. The van der Waals surface area contributed by atoms with Crippen molar-refractivity contribution in [3.05, 3.63) is 53.5 Å². The molecule has 0 aromatic carbocycles. The van der Waals surface area contributed by atoms with E-state index in [2.05, 4.69) is 5.32 Å². The molecule has 11 heteroatoms. The Morgan fingerprint density at radius 1 is 1.34 bits per heavy atom. The number of amides is 2. The third-order valence-corrected chi connectivity index (χ3v) is 6.33. The zero-order valence-electron chi connectivity index (χ0n) is 17.5. The van der Waals surface area contributed by atoms with Crippen molar-refractivity contribution in [1.82, 2.24) is 10.2 Å². The predicted octanol–water partition coefficient (Wildman–Crippen LogP) is -1.22. The number of aliphatic hydroxyl groups is 1. The number of carboxylic acid groups (broad SMARTS) is 1. The number of aromatic nitrogens is 1. The van der Waals surface area contributed by atoms with Crippen molar-refractivity contribution in [1.29, 1.82) is 0 Å². The number of nitrogens with zero attached hydrogens (tertiary/aromatic N) is 2. The van der Waals surface area contributed by atoms with Crippen LogP contribution in [0.5, 0.6) is 0 Å². The van der Waals surface area contributed by atoms with Crippen molar-refractivity contribution in [2.75, 3.05) is 32.1 Å². The number of rotatable bonds is 11. The molecule has 0 saturated carbocycles. The highest BCUT2D eigenvalue weighted by Crippen LogP contribution is 2.39. The Morgan fingerprint density at radius 3 is 2.78 bits per heavy atom. The van der Waals surface area contributed by atoms with E-state index >= 15 is 0 Å². The first-order valence-electron chi connectivity index (χ1n) is 10.2. The van der Waals surface area contributed by atoms with Gasteiger partial charge in [-0.15, -0.1) is 11.8 Å². The molecule has 0 radical (unpaired) electrons. The van der Waals surface area contributed by atoms with Crippen LogP contribution in [0.3, 0.4) is 0 Å². The number of carbonyl (C=O) groups is 3. The molecule has 2 atom stereocenters. The summed E-state index contributed by atoms with van der Waals surface area (Å²) < 4.78 is 6.98. The molecule has 1 fully saturated rings. The maximum absolute atomic E-state index is 12.0. The lowest BCUT2D eigenvalue weighted by atomic mass is 10.0. The molecule has 1 aromatic heterocycles. The van der Waals surface area contributed by atoms with E-state index in [1.54, 1.807) is 6.08 Å². The first kappa shape index (κ1) is 23.9. The molecule has 172 valence electrons. The quantitative estimate of drug-likeness (QED) is 0.181. The Labute approximate surface area is 189 Å². The molecule has 2 aliphatic rings. The van der Waals surface area contributed by atoms with Gasteiger partial charge in [-0.25, -0.2) is 9.36 Å². The number of nitrogens with two attached hydrogens (primary N) is 1. The number of hydrogen-bond acceptors (Lipinski definition) is 7. The van der Waals surface area contributed by atoms with Gasteiger partial charge in [0.1, 0.15) is 17.1 Å². The molecule has 2 amide bonds. The van der Waals surface area contributed by atoms with Crippen LogP contribution in [0, 0.1) is 0 Å². The van der Waals surface area contributed by atoms with Gasteiger partial charge in [-0.1, -0.05) is 6.08 Å². The summed E-state index contributed by atoms with van der Waals surface area (Å²) in [6.45, 7) is 1.45. The molecule has 5 N–H and O–H groups in total. The monoisotopic (exact) mass is 463 g/mol. The van der Waals surface area contributed by atoms with Gasteiger partial charge < -0.3 is 26.0 Å². The highest BCUT2D eigenvalue weighted by atomic mass is 32.2. The molecule has 0 aliphatic carbocycles. The molecule has 3 rings (SSSR count). The van der Waals surface area contributed by atoms with Crippen LogP contribution in [0.1, 0.15) is 5.56 Å². The molecule has 32 heavy (non-hydrogen) atoms. The fourth-order valence-electron chi connectivity index (χ4n) is 3.39. The van der Waals surface area contributed by atoms with Crippen LogP contribution in [0.25, 0.3) is 0 Å². The van der Waals surface area contributed by atoms with Crippen LogP contribution in [-0.4, -0.2) is 76.4 Å². The van der Waals surface area contributed by atoms with Crippen molar-refractivity contribution in [2.45, 2.75) is 24.4 Å². The molecule has 2 aliphatic heterocycles. The normalized spacial score (nSPS) is 20.3. The molecule has 0 unspecified atom stereocenters. The number of β-lactam (4-membered cyclic amide) rings is 1. The van der Waals surface area contributed by atoms with Gasteiger partial charge in [0.05, 0.1) is 26.2 Å². The van der Waals surface area contributed by atoms with Crippen LogP contribution in [0.15, 0.2) is 47.9 Å². The average molecular weight is 464 g/mol. The number of thioether (sulfide) groups is 1. The number of pyridine rings is 1. The highest BCUT2D eigenvalue weighted by molar-refractivity contribution is 8.00. The van der Waals surface area contributed by atoms with E-state index in [9.17, 15) is 19.5 Å². The zero-order chi connectivity index (χ0) is 23.1. The van der Waals surface area contributed by atoms with E-state index < -0.39 is 12.0 Å². The number of allylic oxidation sites excluding steroid dienone is 2. The Kier molecular flexibility index (Phi) is 8.39. The van der Waals surface area contributed by atoms with Crippen molar-refractivity contribution < 1.29 is 33.9 Å². The maximum Gasteiger partial charge on any atom is 0.352 e. The van der Waals surface area contributed by atoms with Crippen molar-refractivity contribution >= 4 is 29.5 Å². The predicted molar refractivity (Wildman–Crippen MR) is 116 cm³/mol. The van der Waals surface area contributed by atoms with E-state index in [1.807, 2.05) is 35.2 Å². The molecule has 0 spiro atoms. The SMILES string of the molecule is N[C@@H]1C(=O)N2C(C(=O)O)=C(C=CC[n+]3ccc(CC(=O)NCCOCCO)cc3)CS[C@H]12. The summed E-state index contributed by atoms with van der Waals surface area (Å²) in [4.78, 5) is 36.9. The lowest BCUT2D eigenvalue weighted by molar-refractivity contribution is -0.687. The number of fused-ring (bicyclic) bond motifs is 1. The van der Waals surface area contributed by atoms with Gasteiger partial charge >= 0.3 is 5.97 Å². The summed E-state index contributed by atoms with van der Waals surface area (Å²) in [7, 11) is 0. The van der Waals surface area contributed by atoms with Gasteiger partial charge in [-0.2, -0.15) is 0 Å². The highest BCUT2D eigenvalue weighted by Gasteiger charge is 2.51. The number of aliphatic carboxylic acids is 1. The van der Waals surface area contributed by atoms with Crippen molar-refractivity contribution in [3.63, 3.8) is 0 Å². The van der Waals surface area contributed by atoms with E-state index in [1.165, 1.54) is 16.7 Å². The summed E-state index contributed by atoms with van der Waals surface area (Å²) >= 11 is 1.46. The van der Waals surface area contributed by atoms with Gasteiger partial charge in [-0.3, -0.25) is 14.5 Å². The average Bonchev–Trinajstić information content (AvgIpc) is 2.79. The number of carbonyl (C=O) groups excluding carboxylic acids is 2. The minimum absolute atomic E-state index is 0.00446. The molecule has 0 bridgehead atoms. The summed E-state index contributed by atoms with van der Waals surface area (Å²) in [5, 5.41) is 20.6. The number of nitrogens with one attached hydrogen (secondary N) is 1. The molecular formula is C21H27N4O6S+. The standard InChI is InChI=1S/C21H26N4O6S/c22-17-19(28)25-18(21(29)30)15(13-32-20(17)25)2-1-6-24-7-3-14(4-8-24)12-16(27)23-5-10-31-11-9-26/h1-4,7-8,17,20,26H,5-6,9-13,22H2,(H-,23,27,29,30)/p+1/t17-,20-/m1/s1. The van der Waals surface area contributed by atoms with E-state index in [0.717, 1.165) is 5.56 Å². The fraction of sp³-hybridized carbons (Fsp3) is 0.429. The zero-order valence-corrected chi connectivity index (χ0v) is 18.3. The maximum atomic E-state index is 12.0. The summed E-state index contributed by atoms with van der Waals surface area (Å²) in [5.41, 5.74) is 7.20. The molecule has 10 nitrogen and oxygen atoms in total. The van der Waals surface area contributed by atoms with Crippen molar-refractivity contribution in [3.8, 4) is 0 Å². The van der Waals surface area contributed by atoms with Gasteiger partial charge in [0.2, 0.25) is 11.8 Å². The van der Waals surface area contributed by atoms with Crippen LogP contribution >= 0.6 is 11.8 Å². The van der Waals surface area contributed by atoms with Crippen LogP contribution < -0.4 is 15.6 Å². The number of hydrogen-bond donors (Lipinski definition) is 4. The number of ether oxygens (including phenoxy) is 1. The van der Waals surface area contributed by atoms with Crippen LogP contribution in [0.2, 0.25) is 0 Å². The third-order valence-electron chi connectivity index (χ3n) is 5.01. The second-order valence-electron chi connectivity index (χ2n) is 7.28. The molecule has 3 heterocycles. The smallest absolute Gasteiger partial charge is 0.352 e. The van der Waals surface area contributed by atoms with Gasteiger partial charge in [0.15, 0.2) is 18.9 Å². The Balaban J connectivity index is 1.52. The largest absolute Gasteiger partial charge is 0.477 e. The second-order valence-corrected chi connectivity index (χ2v) is 8.39. The minimum Gasteiger partial charge on any atom is -0.477 e. The molecular weight excluding hydrogens is 436 g/mol. The topological polar surface area (TPSA) is 146 Å². The Morgan fingerprint density at radius 2 is 2.09 bits per heavy atom. The van der Waals surface area contributed by atoms with Gasteiger partial charge in [-0.05, 0) is 17.2 Å². The number of carboxylic acids is 1. The summed E-state index contributed by atoms with van der Waals surface area (Å²) in [5.74, 6) is -1.14. The first-order valence-corrected chi connectivity index (χ1v) is 11.2. The van der Waals surface area contributed by atoms with Gasteiger partial charge in [0.25, 0.3) is 0 Å². The van der Waals surface area contributed by atoms with Crippen molar-refractivity contribution in [2.24, 2.45) is 5.73 Å². The van der Waals surface area contributed by atoms with E-state index in [0.29, 0.717) is 31.0 Å². The Bertz CT molecular complexity index is 917. The van der Waals surface area contributed by atoms with E-state index in [4.69, 9.17) is 15.6 Å². The third kappa shape index (κ3) is 5.74. The summed E-state index contributed by atoms with van der Waals surface area (Å²) in [6, 6.07) is 3.05. The lowest BCUT2D eigenvalue weighted by Crippen LogP contribution is -2.68. The lowest BCUT2D eigenvalue weighted by Gasteiger charge is -2.47.